The summed E-state index contributed by atoms with van der Waals surface area (Å²) in [6.07, 6.45) is 24.1. The Bertz CT molecular complexity index is 256. The van der Waals surface area contributed by atoms with Crippen molar-refractivity contribution in [2.45, 2.75) is 122 Å². The molecule has 0 amide bonds. The molecule has 144 valence electrons. The van der Waals surface area contributed by atoms with E-state index in [2.05, 4.69) is 15.9 Å². The first-order chi connectivity index (χ1) is 11.8. The second-order valence-corrected chi connectivity index (χ2v) is 7.97. The fourth-order valence-electron chi connectivity index (χ4n) is 3.19. The van der Waals surface area contributed by atoms with Crippen molar-refractivity contribution in [3.05, 3.63) is 0 Å². The third kappa shape index (κ3) is 21.9. The molecule has 0 aromatic carbocycles. The predicted molar refractivity (Wildman–Crippen MR) is 107 cm³/mol. The first-order valence-corrected chi connectivity index (χ1v) is 11.7. The summed E-state index contributed by atoms with van der Waals surface area (Å²) in [5, 5.41) is 11.4. The highest BCUT2D eigenvalue weighted by atomic mass is 79.9. The zero-order chi connectivity index (χ0) is 17.7. The van der Waals surface area contributed by atoms with Crippen LogP contribution in [0.15, 0.2) is 0 Å². The lowest BCUT2D eigenvalue weighted by Crippen LogP contribution is -2.21. The largest absolute Gasteiger partial charge is 0.550 e. The second-order valence-electron chi connectivity index (χ2n) is 7.17. The van der Waals surface area contributed by atoms with Crippen LogP contribution in [0.3, 0.4) is 0 Å². The molecule has 0 unspecified atom stereocenters. The van der Waals surface area contributed by atoms with Crippen molar-refractivity contribution in [3.63, 3.8) is 0 Å². The molecule has 0 radical (unpaired) electrons. The number of hydrogen-bond donors (Lipinski definition) is 0. The number of carbonyl (C=O) groups excluding carboxylic acids is 1. The molecule has 0 bridgehead atoms. The Morgan fingerprint density at radius 2 is 0.750 bits per heavy atom. The molecule has 0 aromatic rings. The first kappa shape index (κ1) is 23.9. The van der Waals surface area contributed by atoms with Crippen LogP contribution in [0.4, 0.5) is 0 Å². The highest BCUT2D eigenvalue weighted by Gasteiger charge is 1.95. The lowest BCUT2D eigenvalue weighted by atomic mass is 10.0. The summed E-state index contributed by atoms with van der Waals surface area (Å²) in [7, 11) is 0. The Hall–Kier alpha value is -0.0500. The Morgan fingerprint density at radius 1 is 0.500 bits per heavy atom. The number of halogens is 1. The number of aliphatic carboxylic acids is 1. The average molecular weight is 404 g/mol. The van der Waals surface area contributed by atoms with Gasteiger partial charge in [-0.1, -0.05) is 119 Å². The van der Waals surface area contributed by atoms with Gasteiger partial charge in [0.05, 0.1) is 0 Å². The molecule has 0 saturated heterocycles. The Balaban J connectivity index is 2.97. The van der Waals surface area contributed by atoms with E-state index in [0.717, 1.165) is 18.2 Å². The summed E-state index contributed by atoms with van der Waals surface area (Å²) < 4.78 is 0. The minimum Gasteiger partial charge on any atom is -0.550 e. The molecule has 2 nitrogen and oxygen atoms in total. The van der Waals surface area contributed by atoms with Crippen LogP contribution in [0, 0.1) is 0 Å². The Morgan fingerprint density at radius 3 is 1.00 bits per heavy atom. The highest BCUT2D eigenvalue weighted by molar-refractivity contribution is 9.09. The summed E-state index contributed by atoms with van der Waals surface area (Å²) in [5.41, 5.74) is 0. The summed E-state index contributed by atoms with van der Waals surface area (Å²) in [4.78, 5) is 10.3. The van der Waals surface area contributed by atoms with E-state index in [-0.39, 0.29) is 6.42 Å². The van der Waals surface area contributed by atoms with Crippen molar-refractivity contribution in [2.75, 3.05) is 5.33 Å². The first-order valence-electron chi connectivity index (χ1n) is 10.5. The lowest BCUT2D eigenvalue weighted by molar-refractivity contribution is -0.305. The fraction of sp³-hybridized carbons (Fsp3) is 0.952. The number of carboxylic acid groups (broad SMARTS) is 1. The normalized spacial score (nSPS) is 11.0. The number of alkyl halides is 1. The van der Waals surface area contributed by atoms with E-state index in [9.17, 15) is 9.90 Å². The monoisotopic (exact) mass is 403 g/mol. The number of rotatable bonds is 20. The van der Waals surface area contributed by atoms with Gasteiger partial charge in [-0.05, 0) is 19.3 Å². The molecule has 0 spiro atoms. The zero-order valence-corrected chi connectivity index (χ0v) is 17.4. The summed E-state index contributed by atoms with van der Waals surface area (Å²) in [6, 6.07) is 0. The van der Waals surface area contributed by atoms with Crippen molar-refractivity contribution < 1.29 is 9.90 Å². The molecule has 24 heavy (non-hydrogen) atoms. The molecule has 0 aliphatic heterocycles. The minimum absolute atomic E-state index is 0.233. The van der Waals surface area contributed by atoms with Crippen LogP contribution in [-0.4, -0.2) is 11.3 Å². The standard InChI is InChI=1S/C21H41BrO2/c22-20-18-16-14-12-10-8-6-4-2-1-3-5-7-9-11-13-15-17-19-21(23)24/h1-20H2,(H,23,24)/p-1. The topological polar surface area (TPSA) is 40.1 Å². The molecule has 0 N–H and O–H groups in total. The molecule has 0 heterocycles. The van der Waals surface area contributed by atoms with E-state index >= 15 is 0 Å². The third-order valence-corrected chi connectivity index (χ3v) is 5.33. The van der Waals surface area contributed by atoms with E-state index < -0.39 is 5.97 Å². The van der Waals surface area contributed by atoms with Crippen molar-refractivity contribution >= 4 is 21.9 Å². The van der Waals surface area contributed by atoms with Crippen LogP contribution < -0.4 is 5.11 Å². The van der Waals surface area contributed by atoms with Crippen LogP contribution in [0.5, 0.6) is 0 Å². The number of hydrogen-bond acceptors (Lipinski definition) is 2. The molecule has 0 aromatic heterocycles. The molecule has 0 saturated carbocycles. The van der Waals surface area contributed by atoms with Crippen LogP contribution in [0.25, 0.3) is 0 Å². The van der Waals surface area contributed by atoms with Gasteiger partial charge in [-0.15, -0.1) is 0 Å². The number of carbonyl (C=O) groups is 1. The maximum atomic E-state index is 10.3. The van der Waals surface area contributed by atoms with Gasteiger partial charge < -0.3 is 9.90 Å². The van der Waals surface area contributed by atoms with Gasteiger partial charge in [0.1, 0.15) is 0 Å². The molecule has 3 heteroatoms. The summed E-state index contributed by atoms with van der Waals surface area (Å²) in [6.45, 7) is 0. The van der Waals surface area contributed by atoms with Gasteiger partial charge in [0.25, 0.3) is 0 Å². The zero-order valence-electron chi connectivity index (χ0n) is 15.8. The van der Waals surface area contributed by atoms with Crippen molar-refractivity contribution in [1.29, 1.82) is 0 Å². The Kier molecular flexibility index (Phi) is 20.9. The van der Waals surface area contributed by atoms with Gasteiger partial charge in [-0.3, -0.25) is 0 Å². The summed E-state index contributed by atoms with van der Waals surface area (Å²) in [5.74, 6) is -0.902. The SMILES string of the molecule is O=C([O-])CCCCCCCCCCCCCCCCCCCCBr. The third-order valence-electron chi connectivity index (χ3n) is 4.76. The van der Waals surface area contributed by atoms with Crippen LogP contribution >= 0.6 is 15.9 Å². The summed E-state index contributed by atoms with van der Waals surface area (Å²) >= 11 is 3.48. The smallest absolute Gasteiger partial charge is 0.0414 e. The molecule has 0 atom stereocenters. The molecular weight excluding hydrogens is 364 g/mol. The van der Waals surface area contributed by atoms with Crippen LogP contribution in [-0.2, 0) is 4.79 Å². The maximum absolute atomic E-state index is 10.3. The number of unbranched alkanes of at least 4 members (excludes halogenated alkanes) is 17. The fourth-order valence-corrected chi connectivity index (χ4v) is 3.59. The van der Waals surface area contributed by atoms with E-state index in [0.29, 0.717) is 0 Å². The van der Waals surface area contributed by atoms with Gasteiger partial charge in [-0.2, -0.15) is 0 Å². The van der Waals surface area contributed by atoms with Crippen molar-refractivity contribution in [1.82, 2.24) is 0 Å². The molecule has 0 fully saturated rings. The van der Waals surface area contributed by atoms with E-state index in [1.165, 1.54) is 103 Å². The lowest BCUT2D eigenvalue weighted by Gasteiger charge is -2.04. The second kappa shape index (κ2) is 21.0. The molecule has 0 aliphatic carbocycles. The van der Waals surface area contributed by atoms with Gasteiger partial charge in [0.15, 0.2) is 0 Å². The van der Waals surface area contributed by atoms with Gasteiger partial charge in [-0.25, -0.2) is 0 Å². The van der Waals surface area contributed by atoms with Crippen LogP contribution in [0.2, 0.25) is 0 Å². The maximum Gasteiger partial charge on any atom is 0.0414 e. The quantitative estimate of drug-likeness (QED) is 0.171. The average Bonchev–Trinajstić information content (AvgIpc) is 2.56. The predicted octanol–water partition coefficient (Wildman–Crippen LogP) is 6.54. The molecule has 0 rings (SSSR count). The number of carboxylic acids is 1. The van der Waals surface area contributed by atoms with Crippen molar-refractivity contribution in [3.8, 4) is 0 Å². The van der Waals surface area contributed by atoms with Gasteiger partial charge in [0, 0.05) is 11.3 Å². The van der Waals surface area contributed by atoms with E-state index in [1.807, 2.05) is 0 Å². The van der Waals surface area contributed by atoms with Crippen LogP contribution in [0.1, 0.15) is 122 Å². The molecule has 0 aliphatic rings. The van der Waals surface area contributed by atoms with Gasteiger partial charge >= 0.3 is 0 Å². The van der Waals surface area contributed by atoms with E-state index in [1.54, 1.807) is 0 Å². The Labute approximate surface area is 159 Å². The highest BCUT2D eigenvalue weighted by Crippen LogP contribution is 2.14. The van der Waals surface area contributed by atoms with Crippen molar-refractivity contribution in [2.24, 2.45) is 0 Å². The minimum atomic E-state index is -0.902. The van der Waals surface area contributed by atoms with E-state index in [4.69, 9.17) is 0 Å². The molecular formula is C21H40BrO2-. The van der Waals surface area contributed by atoms with Gasteiger partial charge in [0.2, 0.25) is 0 Å².